The summed E-state index contributed by atoms with van der Waals surface area (Å²) in [5, 5.41) is 0. The molecular weight excluding hydrogens is 918 g/mol. The molecule has 0 bridgehead atoms. The van der Waals surface area contributed by atoms with E-state index in [1.165, 1.54) is 0 Å². The van der Waals surface area contributed by atoms with Crippen LogP contribution in [0.25, 0.3) is 0 Å². The molecule has 0 saturated carbocycles. The van der Waals surface area contributed by atoms with E-state index < -0.39 is 32.5 Å². The number of esters is 2. The summed E-state index contributed by atoms with van der Waals surface area (Å²) >= 11 is 0. The van der Waals surface area contributed by atoms with Gasteiger partial charge in [-0.05, 0) is 116 Å². The molecule has 0 radical (unpaired) electrons. The summed E-state index contributed by atoms with van der Waals surface area (Å²) in [6.45, 7) is 4.13. The topological polar surface area (TPSA) is 108 Å². The van der Waals surface area contributed by atoms with Crippen LogP contribution in [0.15, 0.2) is 146 Å². The summed E-state index contributed by atoms with van der Waals surface area (Å²) in [5.74, 6) is -0.858. The van der Waals surface area contributed by atoms with Gasteiger partial charge in [0.15, 0.2) is 6.10 Å². The third-order valence-corrected chi connectivity index (χ3v) is 11.8. The highest BCUT2D eigenvalue weighted by molar-refractivity contribution is 7.47. The Kier molecular flexibility index (Phi) is 48.8. The molecule has 0 aromatic heterocycles. The highest BCUT2D eigenvalue weighted by Gasteiger charge is 2.27. The minimum absolute atomic E-state index is 0.0145. The van der Waals surface area contributed by atoms with E-state index in [9.17, 15) is 19.0 Å². The predicted molar refractivity (Wildman–Crippen MR) is 307 cm³/mol. The normalized spacial score (nSPS) is 14.5. The van der Waals surface area contributed by atoms with Crippen LogP contribution >= 0.6 is 7.82 Å². The Morgan fingerprint density at radius 1 is 0.431 bits per heavy atom. The van der Waals surface area contributed by atoms with E-state index in [0.29, 0.717) is 23.9 Å². The molecule has 0 aliphatic carbocycles. The third-order valence-electron chi connectivity index (χ3n) is 10.9. The standard InChI is InChI=1S/C62H100NO8P/c1-6-8-10-12-14-16-18-20-22-24-26-27-28-29-30-31-32-33-34-35-37-39-41-43-45-47-49-51-53-55-62(65)71-60(59-70-72(66,67)69-57-56-63(3,4)5)58-68-61(64)54-52-50-48-46-44-42-40-38-36-25-23-21-19-17-15-13-11-9-7-2/h8-11,14-17,20-23,26-27,29-30,32-33,35-38,41,43,60H,6-7,12-13,18-19,24-25,28,31,34,39-40,42,44-59H2,1-5H3/p+1/b10-8-,11-9-,16-14-,17-15-,22-20-,23-21-,27-26-,30-29-,33-32-,37-35-,38-36-,43-41-. The Bertz CT molecular complexity index is 1720. The minimum atomic E-state index is -4.41. The number of hydrogen-bond acceptors (Lipinski definition) is 7. The number of nitrogens with zero attached hydrogens (tertiary/aromatic N) is 1. The Labute approximate surface area is 440 Å². The molecule has 0 rings (SSSR count). The molecule has 0 fully saturated rings. The molecule has 0 aromatic carbocycles. The molecule has 0 saturated heterocycles. The number of carbonyl (C=O) groups is 2. The molecule has 0 aliphatic heterocycles. The first-order valence-corrected chi connectivity index (χ1v) is 29.1. The van der Waals surface area contributed by atoms with Gasteiger partial charge in [-0.25, -0.2) is 4.57 Å². The van der Waals surface area contributed by atoms with E-state index in [2.05, 4.69) is 160 Å². The van der Waals surface area contributed by atoms with Crippen LogP contribution in [0.5, 0.6) is 0 Å². The molecule has 406 valence electrons. The lowest BCUT2D eigenvalue weighted by molar-refractivity contribution is -0.870. The van der Waals surface area contributed by atoms with Crippen LogP contribution in [0.3, 0.4) is 0 Å². The average molecular weight is 1020 g/mol. The van der Waals surface area contributed by atoms with Crippen molar-refractivity contribution in [3.63, 3.8) is 0 Å². The SMILES string of the molecule is CC/C=C\C/C=C\C/C=C\C/C=C\C/C=C\C/C=C\C/C=C\C/C=C\CCCCCCC(=O)OC(COC(=O)CCCCCCCC/C=C\C/C=C\C/C=C\C/C=C\CC)COP(=O)(O)OCC[N+](C)(C)C. The molecule has 2 atom stereocenters. The van der Waals surface area contributed by atoms with Crippen LogP contribution in [0.1, 0.15) is 181 Å². The molecule has 2 unspecified atom stereocenters. The maximum absolute atomic E-state index is 12.8. The van der Waals surface area contributed by atoms with Crippen LogP contribution in [-0.4, -0.2) is 74.9 Å². The zero-order chi connectivity index (χ0) is 52.7. The van der Waals surface area contributed by atoms with Gasteiger partial charge in [-0.2, -0.15) is 0 Å². The van der Waals surface area contributed by atoms with E-state index in [1.807, 2.05) is 21.1 Å². The van der Waals surface area contributed by atoms with E-state index in [1.54, 1.807) is 0 Å². The quantitative estimate of drug-likeness (QED) is 0.0211. The minimum Gasteiger partial charge on any atom is -0.462 e. The van der Waals surface area contributed by atoms with Gasteiger partial charge in [-0.15, -0.1) is 0 Å². The maximum Gasteiger partial charge on any atom is 0.472 e. The fraction of sp³-hybridized carbons (Fsp3) is 0.581. The first-order chi connectivity index (χ1) is 35.0. The lowest BCUT2D eigenvalue weighted by Crippen LogP contribution is -2.37. The van der Waals surface area contributed by atoms with Crippen LogP contribution < -0.4 is 0 Å². The molecule has 0 spiro atoms. The number of phosphoric acid groups is 1. The van der Waals surface area contributed by atoms with Crippen molar-refractivity contribution in [2.75, 3.05) is 47.5 Å². The molecule has 0 aliphatic rings. The Balaban J connectivity index is 4.34. The van der Waals surface area contributed by atoms with Gasteiger partial charge in [-0.3, -0.25) is 18.6 Å². The van der Waals surface area contributed by atoms with Crippen molar-refractivity contribution in [3.05, 3.63) is 146 Å². The zero-order valence-corrected chi connectivity index (χ0v) is 46.7. The van der Waals surface area contributed by atoms with Gasteiger partial charge in [0.1, 0.15) is 19.8 Å². The lowest BCUT2D eigenvalue weighted by atomic mass is 10.1. The van der Waals surface area contributed by atoms with Crippen molar-refractivity contribution in [3.8, 4) is 0 Å². The fourth-order valence-electron chi connectivity index (χ4n) is 6.67. The van der Waals surface area contributed by atoms with Crippen LogP contribution in [0, 0.1) is 0 Å². The Hall–Kier alpha value is -4.11. The number of likely N-dealkylation sites (N-methyl/N-ethyl adjacent to an activating group) is 1. The van der Waals surface area contributed by atoms with Crippen molar-refractivity contribution < 1.29 is 42.1 Å². The Morgan fingerprint density at radius 2 is 0.750 bits per heavy atom. The average Bonchev–Trinajstić information content (AvgIpc) is 3.34. The fourth-order valence-corrected chi connectivity index (χ4v) is 7.41. The number of carbonyl (C=O) groups excluding carboxylic acids is 2. The number of hydrogen-bond donors (Lipinski definition) is 1. The monoisotopic (exact) mass is 1020 g/mol. The largest absolute Gasteiger partial charge is 0.472 e. The van der Waals surface area contributed by atoms with E-state index >= 15 is 0 Å². The number of unbranched alkanes of at least 4 members (excludes halogenated alkanes) is 10. The second-order valence-electron chi connectivity index (χ2n) is 18.8. The van der Waals surface area contributed by atoms with Gasteiger partial charge in [0.2, 0.25) is 0 Å². The van der Waals surface area contributed by atoms with Crippen molar-refractivity contribution >= 4 is 19.8 Å². The smallest absolute Gasteiger partial charge is 0.462 e. The number of allylic oxidation sites excluding steroid dienone is 24. The first kappa shape index (κ1) is 67.9. The van der Waals surface area contributed by atoms with Crippen LogP contribution in [-0.2, 0) is 32.7 Å². The van der Waals surface area contributed by atoms with Crippen molar-refractivity contribution in [1.29, 1.82) is 0 Å². The van der Waals surface area contributed by atoms with E-state index in [0.717, 1.165) is 141 Å². The predicted octanol–water partition coefficient (Wildman–Crippen LogP) is 17.1. The summed E-state index contributed by atoms with van der Waals surface area (Å²) in [7, 11) is 1.42. The molecule has 0 heterocycles. The molecule has 0 aromatic rings. The van der Waals surface area contributed by atoms with Crippen molar-refractivity contribution in [1.82, 2.24) is 0 Å². The summed E-state index contributed by atoms with van der Waals surface area (Å²) in [6.07, 6.45) is 76.2. The van der Waals surface area contributed by atoms with Crippen LogP contribution in [0.2, 0.25) is 0 Å². The number of rotatable bonds is 48. The van der Waals surface area contributed by atoms with Crippen molar-refractivity contribution in [2.24, 2.45) is 0 Å². The third kappa shape index (κ3) is 55.2. The second-order valence-corrected chi connectivity index (χ2v) is 20.3. The van der Waals surface area contributed by atoms with E-state index in [4.69, 9.17) is 18.5 Å². The van der Waals surface area contributed by atoms with Crippen LogP contribution in [0.4, 0.5) is 0 Å². The molecule has 9 nitrogen and oxygen atoms in total. The molecule has 1 N–H and O–H groups in total. The molecule has 0 amide bonds. The number of quaternary nitrogens is 1. The summed E-state index contributed by atoms with van der Waals surface area (Å²) in [5.41, 5.74) is 0. The number of ether oxygens (including phenoxy) is 2. The Morgan fingerprint density at radius 3 is 1.11 bits per heavy atom. The zero-order valence-electron chi connectivity index (χ0n) is 45.8. The van der Waals surface area contributed by atoms with Gasteiger partial charge in [0.05, 0.1) is 27.7 Å². The van der Waals surface area contributed by atoms with Gasteiger partial charge in [0, 0.05) is 12.8 Å². The molecule has 10 heteroatoms. The number of phosphoric ester groups is 1. The van der Waals surface area contributed by atoms with Crippen molar-refractivity contribution in [2.45, 2.75) is 187 Å². The van der Waals surface area contributed by atoms with E-state index in [-0.39, 0.29) is 26.1 Å². The first-order valence-electron chi connectivity index (χ1n) is 27.6. The van der Waals surface area contributed by atoms with Gasteiger partial charge < -0.3 is 18.9 Å². The summed E-state index contributed by atoms with van der Waals surface area (Å²) in [6, 6.07) is 0. The lowest BCUT2D eigenvalue weighted by Gasteiger charge is -2.24. The summed E-state index contributed by atoms with van der Waals surface area (Å²) in [4.78, 5) is 35.6. The highest BCUT2D eigenvalue weighted by atomic mass is 31.2. The highest BCUT2D eigenvalue weighted by Crippen LogP contribution is 2.43. The maximum atomic E-state index is 12.8. The molecular formula is C62H101NO8P+. The molecule has 72 heavy (non-hydrogen) atoms. The van der Waals surface area contributed by atoms with Gasteiger partial charge in [-0.1, -0.05) is 198 Å². The second kappa shape index (κ2) is 51.8. The van der Waals surface area contributed by atoms with Gasteiger partial charge >= 0.3 is 19.8 Å². The summed E-state index contributed by atoms with van der Waals surface area (Å²) < 4.78 is 34.5. The van der Waals surface area contributed by atoms with Gasteiger partial charge in [0.25, 0.3) is 0 Å².